The van der Waals surface area contributed by atoms with Gasteiger partial charge in [-0.1, -0.05) is 12.8 Å². The van der Waals surface area contributed by atoms with Crippen LogP contribution in [0.15, 0.2) is 24.3 Å². The van der Waals surface area contributed by atoms with Gasteiger partial charge in [0.1, 0.15) is 0 Å². The molecule has 5 heteroatoms. The van der Waals surface area contributed by atoms with Gasteiger partial charge in [0.05, 0.1) is 10.4 Å². The van der Waals surface area contributed by atoms with Crippen LogP contribution in [-0.2, 0) is 0 Å². The molecule has 0 saturated heterocycles. The van der Waals surface area contributed by atoms with Crippen LogP contribution in [0.3, 0.4) is 0 Å². The van der Waals surface area contributed by atoms with E-state index < -0.39 is 0 Å². The van der Waals surface area contributed by atoms with E-state index in [1.54, 1.807) is 12.1 Å². The minimum absolute atomic E-state index is 0.103. The fraction of sp³-hybridized carbons (Fsp3) is 0.438. The number of rotatable bonds is 5. The van der Waals surface area contributed by atoms with Crippen molar-refractivity contribution in [3.63, 3.8) is 0 Å². The van der Waals surface area contributed by atoms with E-state index in [4.69, 9.17) is 0 Å². The highest BCUT2D eigenvalue weighted by Gasteiger charge is 2.23. The summed E-state index contributed by atoms with van der Waals surface area (Å²) < 4.78 is 0. The molecular weight excluding hydrogens is 266 g/mol. The fourth-order valence-corrected chi connectivity index (χ4v) is 2.76. The van der Waals surface area contributed by atoms with Gasteiger partial charge in [0.25, 0.3) is 5.69 Å². The van der Waals surface area contributed by atoms with Crippen molar-refractivity contribution in [3.05, 3.63) is 40.1 Å². The Morgan fingerprint density at radius 1 is 1.43 bits per heavy atom. The minimum atomic E-state index is -0.364. The zero-order chi connectivity index (χ0) is 15.0. The van der Waals surface area contributed by atoms with Crippen molar-refractivity contribution in [2.75, 3.05) is 5.32 Å². The first-order valence-electron chi connectivity index (χ1n) is 7.35. The SMILES string of the molecule is Cc1cc(NC(C)CC2CC2)c2cc([N+](=O)[O-])ccc2n1. The number of benzene rings is 1. The van der Waals surface area contributed by atoms with Crippen LogP contribution in [0.1, 0.15) is 31.9 Å². The maximum atomic E-state index is 11.0. The molecule has 1 aliphatic rings. The van der Waals surface area contributed by atoms with Gasteiger partial charge >= 0.3 is 0 Å². The van der Waals surface area contributed by atoms with Gasteiger partial charge in [0.15, 0.2) is 0 Å². The smallest absolute Gasteiger partial charge is 0.270 e. The Kier molecular flexibility index (Phi) is 3.49. The van der Waals surface area contributed by atoms with Crippen LogP contribution in [0, 0.1) is 23.0 Å². The van der Waals surface area contributed by atoms with Crippen molar-refractivity contribution in [1.82, 2.24) is 4.98 Å². The van der Waals surface area contributed by atoms with Crippen LogP contribution in [0.25, 0.3) is 10.9 Å². The van der Waals surface area contributed by atoms with E-state index in [1.165, 1.54) is 18.9 Å². The Balaban J connectivity index is 1.97. The van der Waals surface area contributed by atoms with E-state index in [-0.39, 0.29) is 10.6 Å². The summed E-state index contributed by atoms with van der Waals surface area (Å²) in [7, 11) is 0. The lowest BCUT2D eigenvalue weighted by Gasteiger charge is -2.17. The van der Waals surface area contributed by atoms with Gasteiger partial charge in [-0.3, -0.25) is 15.1 Å². The van der Waals surface area contributed by atoms with Crippen molar-refractivity contribution in [3.8, 4) is 0 Å². The molecule has 1 heterocycles. The number of fused-ring (bicyclic) bond motifs is 1. The van der Waals surface area contributed by atoms with Gasteiger partial charge < -0.3 is 5.32 Å². The molecule has 3 rings (SSSR count). The molecule has 110 valence electrons. The molecular formula is C16H19N3O2. The average molecular weight is 285 g/mol. The highest BCUT2D eigenvalue weighted by molar-refractivity contribution is 5.93. The molecule has 1 aromatic carbocycles. The molecule has 1 aliphatic carbocycles. The summed E-state index contributed by atoms with van der Waals surface area (Å²) in [5.74, 6) is 0.844. The third kappa shape index (κ3) is 3.12. The predicted octanol–water partition coefficient (Wildman–Crippen LogP) is 4.05. The number of nitrogens with zero attached hydrogens (tertiary/aromatic N) is 2. The van der Waals surface area contributed by atoms with Crippen molar-refractivity contribution in [2.45, 2.75) is 39.2 Å². The first-order valence-corrected chi connectivity index (χ1v) is 7.35. The summed E-state index contributed by atoms with van der Waals surface area (Å²) in [6.07, 6.45) is 3.80. The molecule has 0 amide bonds. The van der Waals surface area contributed by atoms with Crippen LogP contribution >= 0.6 is 0 Å². The van der Waals surface area contributed by atoms with E-state index in [2.05, 4.69) is 17.2 Å². The molecule has 0 spiro atoms. The summed E-state index contributed by atoms with van der Waals surface area (Å²) >= 11 is 0. The van der Waals surface area contributed by atoms with E-state index in [0.29, 0.717) is 6.04 Å². The lowest BCUT2D eigenvalue weighted by molar-refractivity contribution is -0.384. The first-order chi connectivity index (χ1) is 10.0. The summed E-state index contributed by atoms with van der Waals surface area (Å²) in [5, 5.41) is 15.3. The Morgan fingerprint density at radius 2 is 2.19 bits per heavy atom. The number of nitrogens with one attached hydrogen (secondary N) is 1. The molecule has 1 unspecified atom stereocenters. The zero-order valence-electron chi connectivity index (χ0n) is 12.3. The summed E-state index contributed by atoms with van der Waals surface area (Å²) in [4.78, 5) is 15.1. The lowest BCUT2D eigenvalue weighted by atomic mass is 10.1. The molecule has 0 radical (unpaired) electrons. The lowest BCUT2D eigenvalue weighted by Crippen LogP contribution is -2.16. The second-order valence-corrected chi connectivity index (χ2v) is 5.99. The Bertz CT molecular complexity index is 695. The maximum absolute atomic E-state index is 11.0. The van der Waals surface area contributed by atoms with E-state index in [9.17, 15) is 10.1 Å². The number of pyridine rings is 1. The number of hydrogen-bond acceptors (Lipinski definition) is 4. The highest BCUT2D eigenvalue weighted by atomic mass is 16.6. The Morgan fingerprint density at radius 3 is 2.86 bits per heavy atom. The standard InChI is InChI=1S/C16H19N3O2/c1-10(7-12-3-4-12)18-16-8-11(2)17-15-6-5-13(19(20)21)9-14(15)16/h5-6,8-10,12H,3-4,7H2,1-2H3,(H,17,18). The molecule has 0 aliphatic heterocycles. The summed E-state index contributed by atoms with van der Waals surface area (Å²) in [6, 6.07) is 7.16. The van der Waals surface area contributed by atoms with Gasteiger partial charge in [0.2, 0.25) is 0 Å². The number of nitro groups is 1. The van der Waals surface area contributed by atoms with Crippen LogP contribution in [0.5, 0.6) is 0 Å². The summed E-state index contributed by atoms with van der Waals surface area (Å²) in [5.41, 5.74) is 2.75. The fourth-order valence-electron chi connectivity index (χ4n) is 2.76. The third-order valence-corrected chi connectivity index (χ3v) is 3.92. The monoisotopic (exact) mass is 285 g/mol. The van der Waals surface area contributed by atoms with Crippen LogP contribution in [0.2, 0.25) is 0 Å². The number of non-ortho nitro benzene ring substituents is 1. The number of aryl methyl sites for hydroxylation is 1. The minimum Gasteiger partial charge on any atom is -0.382 e. The van der Waals surface area contributed by atoms with Crippen LogP contribution in [0.4, 0.5) is 11.4 Å². The average Bonchev–Trinajstić information content (AvgIpc) is 3.21. The molecule has 0 bridgehead atoms. The molecule has 1 atom stereocenters. The van der Waals surface area contributed by atoms with Crippen LogP contribution < -0.4 is 5.32 Å². The van der Waals surface area contributed by atoms with Gasteiger partial charge in [-0.25, -0.2) is 0 Å². The zero-order valence-corrected chi connectivity index (χ0v) is 12.3. The maximum Gasteiger partial charge on any atom is 0.270 e. The topological polar surface area (TPSA) is 68.1 Å². The van der Waals surface area contributed by atoms with Crippen molar-refractivity contribution < 1.29 is 4.92 Å². The largest absolute Gasteiger partial charge is 0.382 e. The van der Waals surface area contributed by atoms with E-state index in [0.717, 1.165) is 34.6 Å². The quantitative estimate of drug-likeness (QED) is 0.664. The molecule has 1 fully saturated rings. The second-order valence-electron chi connectivity index (χ2n) is 5.99. The van der Waals surface area contributed by atoms with Crippen molar-refractivity contribution in [1.29, 1.82) is 0 Å². The highest BCUT2D eigenvalue weighted by Crippen LogP contribution is 2.35. The normalized spacial score (nSPS) is 15.9. The summed E-state index contributed by atoms with van der Waals surface area (Å²) in [6.45, 7) is 4.11. The van der Waals surface area contributed by atoms with E-state index >= 15 is 0 Å². The molecule has 1 N–H and O–H groups in total. The van der Waals surface area contributed by atoms with Gasteiger partial charge in [-0.15, -0.1) is 0 Å². The van der Waals surface area contributed by atoms with Crippen molar-refractivity contribution in [2.24, 2.45) is 5.92 Å². The number of aromatic nitrogens is 1. The molecule has 2 aromatic rings. The molecule has 1 aromatic heterocycles. The number of hydrogen-bond donors (Lipinski definition) is 1. The first kappa shape index (κ1) is 13.8. The second kappa shape index (κ2) is 5.31. The van der Waals surface area contributed by atoms with Gasteiger partial charge in [-0.05, 0) is 38.3 Å². The Labute approximate surface area is 123 Å². The Hall–Kier alpha value is -2.17. The molecule has 5 nitrogen and oxygen atoms in total. The van der Waals surface area contributed by atoms with Crippen LogP contribution in [-0.4, -0.2) is 15.9 Å². The van der Waals surface area contributed by atoms with Gasteiger partial charge in [-0.2, -0.15) is 0 Å². The number of anilines is 1. The molecule has 21 heavy (non-hydrogen) atoms. The van der Waals surface area contributed by atoms with E-state index in [1.807, 2.05) is 13.0 Å². The van der Waals surface area contributed by atoms with Gasteiger partial charge in [0, 0.05) is 34.9 Å². The molecule has 1 saturated carbocycles. The third-order valence-electron chi connectivity index (χ3n) is 3.92. The predicted molar refractivity (Wildman–Crippen MR) is 83.6 cm³/mol. The van der Waals surface area contributed by atoms with Crippen molar-refractivity contribution >= 4 is 22.3 Å². The number of nitro benzene ring substituents is 1.